The second-order valence-corrected chi connectivity index (χ2v) is 4.69. The standard InChI is InChI=1S/C17H20O/c1-3-17(18,4-2)16-12-8-11-15(13-16)14-9-6-5-7-10-14/h5-13,18H,3-4H2,1-2H3. The van der Waals surface area contributed by atoms with Crippen LogP contribution in [0.15, 0.2) is 54.6 Å². The first-order valence-electron chi connectivity index (χ1n) is 6.58. The molecule has 0 saturated carbocycles. The summed E-state index contributed by atoms with van der Waals surface area (Å²) in [4.78, 5) is 0. The SMILES string of the molecule is CCC(O)(CC)c1cccc(-c2ccccc2)c1. The van der Waals surface area contributed by atoms with E-state index in [0.717, 1.165) is 24.0 Å². The first-order valence-corrected chi connectivity index (χ1v) is 6.58. The lowest BCUT2D eigenvalue weighted by atomic mass is 9.87. The summed E-state index contributed by atoms with van der Waals surface area (Å²) in [6.07, 6.45) is 1.48. The summed E-state index contributed by atoms with van der Waals surface area (Å²) in [6.45, 7) is 4.05. The molecule has 0 aliphatic carbocycles. The molecule has 0 fully saturated rings. The van der Waals surface area contributed by atoms with Crippen LogP contribution < -0.4 is 0 Å². The van der Waals surface area contributed by atoms with Gasteiger partial charge in [0.25, 0.3) is 0 Å². The van der Waals surface area contributed by atoms with E-state index < -0.39 is 5.60 Å². The molecule has 0 aliphatic heterocycles. The fourth-order valence-electron chi connectivity index (χ4n) is 2.28. The summed E-state index contributed by atoms with van der Waals surface area (Å²) in [5.74, 6) is 0. The van der Waals surface area contributed by atoms with Gasteiger partial charge in [-0.05, 0) is 35.6 Å². The van der Waals surface area contributed by atoms with E-state index >= 15 is 0 Å². The molecule has 2 aromatic carbocycles. The van der Waals surface area contributed by atoms with Gasteiger partial charge in [0.15, 0.2) is 0 Å². The Labute approximate surface area is 109 Å². The summed E-state index contributed by atoms with van der Waals surface area (Å²) in [6, 6.07) is 18.5. The number of hydrogen-bond donors (Lipinski definition) is 1. The molecule has 0 spiro atoms. The zero-order chi connectivity index (χ0) is 13.0. The van der Waals surface area contributed by atoms with Gasteiger partial charge in [0.2, 0.25) is 0 Å². The van der Waals surface area contributed by atoms with E-state index in [1.54, 1.807) is 0 Å². The van der Waals surface area contributed by atoms with Gasteiger partial charge in [0.1, 0.15) is 0 Å². The van der Waals surface area contributed by atoms with Crippen LogP contribution in [0.1, 0.15) is 32.3 Å². The van der Waals surface area contributed by atoms with Gasteiger partial charge in [-0.25, -0.2) is 0 Å². The number of aliphatic hydroxyl groups is 1. The van der Waals surface area contributed by atoms with Crippen molar-refractivity contribution in [1.29, 1.82) is 0 Å². The quantitative estimate of drug-likeness (QED) is 0.841. The third-order valence-corrected chi connectivity index (χ3v) is 3.68. The lowest BCUT2D eigenvalue weighted by Gasteiger charge is -2.26. The molecule has 0 atom stereocenters. The number of rotatable bonds is 4. The molecule has 0 amide bonds. The van der Waals surface area contributed by atoms with Crippen LogP contribution in [0.25, 0.3) is 11.1 Å². The van der Waals surface area contributed by atoms with Gasteiger partial charge in [0, 0.05) is 0 Å². The highest BCUT2D eigenvalue weighted by Gasteiger charge is 2.24. The second kappa shape index (κ2) is 5.36. The fraction of sp³-hybridized carbons (Fsp3) is 0.294. The molecule has 0 radical (unpaired) electrons. The largest absolute Gasteiger partial charge is 0.385 e. The lowest BCUT2D eigenvalue weighted by molar-refractivity contribution is 0.0284. The smallest absolute Gasteiger partial charge is 0.0891 e. The van der Waals surface area contributed by atoms with E-state index in [1.807, 2.05) is 44.2 Å². The predicted molar refractivity (Wildman–Crippen MR) is 76.4 cm³/mol. The predicted octanol–water partition coefficient (Wildman–Crippen LogP) is 4.36. The first-order chi connectivity index (χ1) is 8.69. The Morgan fingerprint density at radius 2 is 1.44 bits per heavy atom. The van der Waals surface area contributed by atoms with Gasteiger partial charge < -0.3 is 5.11 Å². The van der Waals surface area contributed by atoms with E-state index in [4.69, 9.17) is 0 Å². The van der Waals surface area contributed by atoms with Crippen molar-refractivity contribution >= 4 is 0 Å². The molecule has 94 valence electrons. The molecule has 0 aromatic heterocycles. The zero-order valence-corrected chi connectivity index (χ0v) is 11.1. The van der Waals surface area contributed by atoms with Crippen molar-refractivity contribution in [2.75, 3.05) is 0 Å². The fourth-order valence-corrected chi connectivity index (χ4v) is 2.28. The Balaban J connectivity index is 2.43. The van der Waals surface area contributed by atoms with Gasteiger partial charge in [-0.15, -0.1) is 0 Å². The topological polar surface area (TPSA) is 20.2 Å². The van der Waals surface area contributed by atoms with Crippen LogP contribution in [-0.2, 0) is 5.60 Å². The van der Waals surface area contributed by atoms with Crippen molar-refractivity contribution in [3.63, 3.8) is 0 Å². The minimum atomic E-state index is -0.704. The summed E-state index contributed by atoms with van der Waals surface area (Å²) in [5.41, 5.74) is 2.65. The lowest BCUT2D eigenvalue weighted by Crippen LogP contribution is -2.23. The third kappa shape index (κ3) is 2.46. The highest BCUT2D eigenvalue weighted by atomic mass is 16.3. The normalized spacial score (nSPS) is 11.5. The van der Waals surface area contributed by atoms with E-state index in [2.05, 4.69) is 24.3 Å². The van der Waals surface area contributed by atoms with Crippen LogP contribution in [-0.4, -0.2) is 5.11 Å². The molecule has 0 heterocycles. The molecule has 0 aliphatic rings. The second-order valence-electron chi connectivity index (χ2n) is 4.69. The average molecular weight is 240 g/mol. The van der Waals surface area contributed by atoms with Crippen molar-refractivity contribution in [2.45, 2.75) is 32.3 Å². The molecule has 0 bridgehead atoms. The first kappa shape index (κ1) is 12.8. The Hall–Kier alpha value is -1.60. The Bertz CT molecular complexity index is 498. The maximum absolute atomic E-state index is 10.6. The van der Waals surface area contributed by atoms with Crippen molar-refractivity contribution in [1.82, 2.24) is 0 Å². The van der Waals surface area contributed by atoms with E-state index in [9.17, 15) is 5.11 Å². The molecule has 2 aromatic rings. The maximum Gasteiger partial charge on any atom is 0.0891 e. The minimum absolute atomic E-state index is 0.704. The van der Waals surface area contributed by atoms with E-state index in [1.165, 1.54) is 5.56 Å². The van der Waals surface area contributed by atoms with Gasteiger partial charge in [0.05, 0.1) is 5.60 Å². The molecule has 1 N–H and O–H groups in total. The maximum atomic E-state index is 10.6. The Morgan fingerprint density at radius 3 is 2.06 bits per heavy atom. The molecule has 0 unspecified atom stereocenters. The van der Waals surface area contributed by atoms with Gasteiger partial charge >= 0.3 is 0 Å². The Kier molecular flexibility index (Phi) is 3.83. The number of hydrogen-bond acceptors (Lipinski definition) is 1. The molecule has 0 saturated heterocycles. The Morgan fingerprint density at radius 1 is 0.833 bits per heavy atom. The molecule has 1 nitrogen and oxygen atoms in total. The van der Waals surface area contributed by atoms with Crippen molar-refractivity contribution in [3.05, 3.63) is 60.2 Å². The molecular formula is C17H20O. The van der Waals surface area contributed by atoms with Crippen LogP contribution in [0.4, 0.5) is 0 Å². The monoisotopic (exact) mass is 240 g/mol. The van der Waals surface area contributed by atoms with Gasteiger partial charge in [-0.3, -0.25) is 0 Å². The summed E-state index contributed by atoms with van der Waals surface area (Å²) in [7, 11) is 0. The van der Waals surface area contributed by atoms with E-state index in [-0.39, 0.29) is 0 Å². The summed E-state index contributed by atoms with van der Waals surface area (Å²) < 4.78 is 0. The molecule has 1 heteroatoms. The van der Waals surface area contributed by atoms with Crippen LogP contribution in [0, 0.1) is 0 Å². The average Bonchev–Trinajstić information content (AvgIpc) is 2.47. The minimum Gasteiger partial charge on any atom is -0.385 e. The highest BCUT2D eigenvalue weighted by molar-refractivity contribution is 5.64. The van der Waals surface area contributed by atoms with Crippen molar-refractivity contribution in [2.24, 2.45) is 0 Å². The summed E-state index contributed by atoms with van der Waals surface area (Å²) in [5, 5.41) is 10.6. The number of benzene rings is 2. The van der Waals surface area contributed by atoms with E-state index in [0.29, 0.717) is 0 Å². The molecular weight excluding hydrogens is 220 g/mol. The third-order valence-electron chi connectivity index (χ3n) is 3.68. The highest BCUT2D eigenvalue weighted by Crippen LogP contribution is 2.31. The summed E-state index contributed by atoms with van der Waals surface area (Å²) >= 11 is 0. The molecule has 18 heavy (non-hydrogen) atoms. The van der Waals surface area contributed by atoms with Gasteiger partial charge in [-0.1, -0.05) is 62.4 Å². The zero-order valence-electron chi connectivity index (χ0n) is 11.1. The van der Waals surface area contributed by atoms with Crippen molar-refractivity contribution < 1.29 is 5.11 Å². The van der Waals surface area contributed by atoms with Crippen LogP contribution >= 0.6 is 0 Å². The molecule has 2 rings (SSSR count). The van der Waals surface area contributed by atoms with Gasteiger partial charge in [-0.2, -0.15) is 0 Å². The van der Waals surface area contributed by atoms with Crippen molar-refractivity contribution in [3.8, 4) is 11.1 Å². The van der Waals surface area contributed by atoms with Crippen LogP contribution in [0.3, 0.4) is 0 Å². The van der Waals surface area contributed by atoms with Crippen LogP contribution in [0.5, 0.6) is 0 Å². The van der Waals surface area contributed by atoms with Crippen LogP contribution in [0.2, 0.25) is 0 Å².